The van der Waals surface area contributed by atoms with Gasteiger partial charge in [0.15, 0.2) is 0 Å². The molecule has 1 saturated heterocycles. The van der Waals surface area contributed by atoms with Crippen LogP contribution in [0.5, 0.6) is 0 Å². The molecule has 1 fully saturated rings. The molecule has 0 spiro atoms. The second kappa shape index (κ2) is 5.29. The summed E-state index contributed by atoms with van der Waals surface area (Å²) in [4.78, 5) is 25.2. The number of carbonyl (C=O) groups is 2. The second-order valence-electron chi connectivity index (χ2n) is 3.93. The SMILES string of the molecule is Cc1cc(NC=O)sc1C(=O)N1CCNCC1. The Balaban J connectivity index is 2.14. The van der Waals surface area contributed by atoms with Gasteiger partial charge in [0.2, 0.25) is 6.41 Å². The topological polar surface area (TPSA) is 61.4 Å². The number of nitrogens with one attached hydrogen (secondary N) is 2. The van der Waals surface area contributed by atoms with E-state index in [0.717, 1.165) is 41.6 Å². The molecule has 1 aliphatic rings. The van der Waals surface area contributed by atoms with Crippen molar-refractivity contribution >= 4 is 28.7 Å². The normalized spacial score (nSPS) is 15.7. The molecule has 0 radical (unpaired) electrons. The van der Waals surface area contributed by atoms with Crippen LogP contribution in [0, 0.1) is 6.92 Å². The largest absolute Gasteiger partial charge is 0.335 e. The minimum atomic E-state index is 0.0629. The predicted octanol–water partition coefficient (Wildman–Crippen LogP) is 0.670. The molecule has 0 saturated carbocycles. The third-order valence-electron chi connectivity index (χ3n) is 2.72. The lowest BCUT2D eigenvalue weighted by Gasteiger charge is -2.27. The van der Waals surface area contributed by atoms with E-state index in [1.165, 1.54) is 11.3 Å². The summed E-state index contributed by atoms with van der Waals surface area (Å²) in [5.41, 5.74) is 0.919. The number of piperazine rings is 1. The van der Waals surface area contributed by atoms with Gasteiger partial charge in [-0.25, -0.2) is 0 Å². The van der Waals surface area contributed by atoms with Crippen molar-refractivity contribution in [2.24, 2.45) is 0 Å². The molecule has 0 unspecified atom stereocenters. The Bertz CT molecular complexity index is 424. The van der Waals surface area contributed by atoms with E-state index >= 15 is 0 Å². The predicted molar refractivity (Wildman–Crippen MR) is 67.5 cm³/mol. The quantitative estimate of drug-likeness (QED) is 0.778. The average Bonchev–Trinajstić information content (AvgIpc) is 2.71. The zero-order valence-corrected chi connectivity index (χ0v) is 10.5. The third-order valence-corrected chi connectivity index (χ3v) is 3.87. The molecule has 2 amide bonds. The number of hydrogen-bond donors (Lipinski definition) is 2. The molecule has 5 nitrogen and oxygen atoms in total. The van der Waals surface area contributed by atoms with Gasteiger partial charge in [0.05, 0.1) is 9.88 Å². The number of amides is 2. The van der Waals surface area contributed by atoms with Crippen molar-refractivity contribution in [3.63, 3.8) is 0 Å². The molecular weight excluding hydrogens is 238 g/mol. The smallest absolute Gasteiger partial charge is 0.264 e. The lowest BCUT2D eigenvalue weighted by molar-refractivity contribution is -0.105. The summed E-state index contributed by atoms with van der Waals surface area (Å²) >= 11 is 1.33. The average molecular weight is 253 g/mol. The van der Waals surface area contributed by atoms with E-state index in [9.17, 15) is 9.59 Å². The van der Waals surface area contributed by atoms with Crippen LogP contribution in [0.1, 0.15) is 15.2 Å². The fourth-order valence-electron chi connectivity index (χ4n) is 1.84. The molecule has 2 heterocycles. The van der Waals surface area contributed by atoms with Crippen LogP contribution in [0.25, 0.3) is 0 Å². The molecule has 92 valence electrons. The minimum Gasteiger partial charge on any atom is -0.335 e. The highest BCUT2D eigenvalue weighted by Crippen LogP contribution is 2.27. The van der Waals surface area contributed by atoms with Gasteiger partial charge in [-0.05, 0) is 18.6 Å². The minimum absolute atomic E-state index is 0.0629. The fourth-order valence-corrected chi connectivity index (χ4v) is 2.83. The fraction of sp³-hybridized carbons (Fsp3) is 0.455. The lowest BCUT2D eigenvalue weighted by Crippen LogP contribution is -2.46. The standard InChI is InChI=1S/C11H15N3O2S/c1-8-6-9(13-7-15)17-10(8)11(16)14-4-2-12-3-5-14/h6-7,12H,2-5H2,1H3,(H,13,15). The molecular formula is C11H15N3O2S. The van der Waals surface area contributed by atoms with Crippen LogP contribution < -0.4 is 10.6 Å². The summed E-state index contributed by atoms with van der Waals surface area (Å²) in [6.07, 6.45) is 0.629. The number of anilines is 1. The Morgan fingerprint density at radius 3 is 2.88 bits per heavy atom. The van der Waals surface area contributed by atoms with Crippen LogP contribution in [0.15, 0.2) is 6.07 Å². The van der Waals surface area contributed by atoms with Crippen molar-refractivity contribution in [2.45, 2.75) is 6.92 Å². The van der Waals surface area contributed by atoms with Crippen molar-refractivity contribution in [3.8, 4) is 0 Å². The van der Waals surface area contributed by atoms with Gasteiger partial charge in [0.25, 0.3) is 5.91 Å². The molecule has 17 heavy (non-hydrogen) atoms. The van der Waals surface area contributed by atoms with Crippen LogP contribution >= 0.6 is 11.3 Å². The van der Waals surface area contributed by atoms with Crippen LogP contribution in [-0.2, 0) is 4.79 Å². The van der Waals surface area contributed by atoms with Crippen molar-refractivity contribution < 1.29 is 9.59 Å². The number of hydrogen-bond acceptors (Lipinski definition) is 4. The van der Waals surface area contributed by atoms with Crippen LogP contribution in [0.2, 0.25) is 0 Å². The number of aryl methyl sites for hydroxylation is 1. The highest BCUT2D eigenvalue weighted by molar-refractivity contribution is 7.18. The number of carbonyl (C=O) groups excluding carboxylic acids is 2. The molecule has 6 heteroatoms. The maximum absolute atomic E-state index is 12.2. The Labute approximate surface area is 104 Å². The molecule has 0 aromatic carbocycles. The van der Waals surface area contributed by atoms with E-state index < -0.39 is 0 Å². The van der Waals surface area contributed by atoms with Crippen molar-refractivity contribution in [3.05, 3.63) is 16.5 Å². The highest BCUT2D eigenvalue weighted by atomic mass is 32.1. The molecule has 0 atom stereocenters. The summed E-state index contributed by atoms with van der Waals surface area (Å²) in [5, 5.41) is 6.51. The zero-order chi connectivity index (χ0) is 12.3. The van der Waals surface area contributed by atoms with E-state index in [1.807, 2.05) is 17.9 Å². The van der Waals surface area contributed by atoms with Crippen LogP contribution in [0.4, 0.5) is 5.00 Å². The van der Waals surface area contributed by atoms with Gasteiger partial charge in [0.1, 0.15) is 0 Å². The summed E-state index contributed by atoms with van der Waals surface area (Å²) in [5.74, 6) is 0.0629. The Morgan fingerprint density at radius 1 is 1.53 bits per heavy atom. The first-order valence-corrected chi connectivity index (χ1v) is 6.34. The van der Waals surface area contributed by atoms with Gasteiger partial charge in [-0.3, -0.25) is 9.59 Å². The number of thiophene rings is 1. The van der Waals surface area contributed by atoms with E-state index in [2.05, 4.69) is 10.6 Å². The molecule has 1 aromatic rings. The van der Waals surface area contributed by atoms with Crippen LogP contribution in [0.3, 0.4) is 0 Å². The van der Waals surface area contributed by atoms with E-state index in [0.29, 0.717) is 6.41 Å². The summed E-state index contributed by atoms with van der Waals surface area (Å²) in [7, 11) is 0. The first-order valence-electron chi connectivity index (χ1n) is 5.53. The Morgan fingerprint density at radius 2 is 2.24 bits per heavy atom. The van der Waals surface area contributed by atoms with Crippen molar-refractivity contribution in [2.75, 3.05) is 31.5 Å². The van der Waals surface area contributed by atoms with E-state index in [1.54, 1.807) is 0 Å². The molecule has 2 N–H and O–H groups in total. The zero-order valence-electron chi connectivity index (χ0n) is 9.66. The monoisotopic (exact) mass is 253 g/mol. The summed E-state index contributed by atoms with van der Waals surface area (Å²) in [6, 6.07) is 1.83. The maximum atomic E-state index is 12.2. The highest BCUT2D eigenvalue weighted by Gasteiger charge is 2.21. The molecule has 0 bridgehead atoms. The van der Waals surface area contributed by atoms with Gasteiger partial charge in [-0.15, -0.1) is 11.3 Å². The van der Waals surface area contributed by atoms with Gasteiger partial charge < -0.3 is 15.5 Å². The maximum Gasteiger partial charge on any atom is 0.264 e. The summed E-state index contributed by atoms with van der Waals surface area (Å²) < 4.78 is 0. The van der Waals surface area contributed by atoms with Gasteiger partial charge in [-0.1, -0.05) is 0 Å². The molecule has 1 aliphatic heterocycles. The molecule has 1 aromatic heterocycles. The molecule has 2 rings (SSSR count). The number of rotatable bonds is 3. The first kappa shape index (κ1) is 12.1. The second-order valence-corrected chi connectivity index (χ2v) is 4.98. The van der Waals surface area contributed by atoms with E-state index in [-0.39, 0.29) is 5.91 Å². The lowest BCUT2D eigenvalue weighted by atomic mass is 10.2. The van der Waals surface area contributed by atoms with Crippen molar-refractivity contribution in [1.29, 1.82) is 0 Å². The van der Waals surface area contributed by atoms with E-state index in [4.69, 9.17) is 0 Å². The van der Waals surface area contributed by atoms with Gasteiger partial charge >= 0.3 is 0 Å². The summed E-state index contributed by atoms with van der Waals surface area (Å²) in [6.45, 7) is 5.06. The molecule has 0 aliphatic carbocycles. The Hall–Kier alpha value is -1.40. The van der Waals surface area contributed by atoms with Gasteiger partial charge in [0, 0.05) is 26.2 Å². The third kappa shape index (κ3) is 2.65. The number of nitrogens with zero attached hydrogens (tertiary/aromatic N) is 1. The van der Waals surface area contributed by atoms with Crippen LogP contribution in [-0.4, -0.2) is 43.4 Å². The van der Waals surface area contributed by atoms with Crippen molar-refractivity contribution in [1.82, 2.24) is 10.2 Å². The first-order chi connectivity index (χ1) is 8.22. The van der Waals surface area contributed by atoms with Gasteiger partial charge in [-0.2, -0.15) is 0 Å². The Kier molecular flexibility index (Phi) is 3.75.